The molecule has 3 heteroatoms. The van der Waals surface area contributed by atoms with Gasteiger partial charge in [0.2, 0.25) is 0 Å². The lowest BCUT2D eigenvalue weighted by Crippen LogP contribution is -2.26. The van der Waals surface area contributed by atoms with Gasteiger partial charge in [-0.15, -0.1) is 12.4 Å². The SMILES string of the molecule is CCc1ccccc1CN1CC[C@H](N)C1.Cl. The van der Waals surface area contributed by atoms with Gasteiger partial charge in [-0.2, -0.15) is 0 Å². The van der Waals surface area contributed by atoms with Crippen molar-refractivity contribution in [3.05, 3.63) is 35.4 Å². The molecule has 0 unspecified atom stereocenters. The number of aryl methyl sites for hydroxylation is 1. The van der Waals surface area contributed by atoms with E-state index in [4.69, 9.17) is 5.73 Å². The molecule has 0 aromatic heterocycles. The highest BCUT2D eigenvalue weighted by Gasteiger charge is 2.19. The summed E-state index contributed by atoms with van der Waals surface area (Å²) in [5, 5.41) is 0. The van der Waals surface area contributed by atoms with E-state index in [9.17, 15) is 0 Å². The van der Waals surface area contributed by atoms with Crippen molar-refractivity contribution in [1.82, 2.24) is 4.90 Å². The van der Waals surface area contributed by atoms with Crippen molar-refractivity contribution >= 4 is 12.4 Å². The smallest absolute Gasteiger partial charge is 0.0237 e. The van der Waals surface area contributed by atoms with Crippen LogP contribution in [0.4, 0.5) is 0 Å². The molecule has 1 heterocycles. The maximum Gasteiger partial charge on any atom is 0.0237 e. The second-order valence-corrected chi connectivity index (χ2v) is 4.41. The van der Waals surface area contributed by atoms with Crippen LogP contribution in [0.1, 0.15) is 24.5 Å². The highest BCUT2D eigenvalue weighted by molar-refractivity contribution is 5.85. The first kappa shape index (κ1) is 13.5. The van der Waals surface area contributed by atoms with Crippen molar-refractivity contribution in [3.63, 3.8) is 0 Å². The molecule has 1 saturated heterocycles. The van der Waals surface area contributed by atoms with Crippen molar-refractivity contribution < 1.29 is 0 Å². The lowest BCUT2D eigenvalue weighted by atomic mass is 10.1. The van der Waals surface area contributed by atoms with Crippen molar-refractivity contribution in [2.45, 2.75) is 32.4 Å². The minimum absolute atomic E-state index is 0. The van der Waals surface area contributed by atoms with Crippen LogP contribution >= 0.6 is 12.4 Å². The Balaban J connectivity index is 0.00000128. The van der Waals surface area contributed by atoms with Gasteiger partial charge in [0, 0.05) is 25.7 Å². The van der Waals surface area contributed by atoms with Crippen LogP contribution in [0.15, 0.2) is 24.3 Å². The monoisotopic (exact) mass is 240 g/mol. The van der Waals surface area contributed by atoms with Crippen LogP contribution in [0.5, 0.6) is 0 Å². The zero-order valence-corrected chi connectivity index (χ0v) is 10.7. The zero-order chi connectivity index (χ0) is 10.7. The molecule has 0 amide bonds. The molecule has 1 aliphatic heterocycles. The van der Waals surface area contributed by atoms with Crippen LogP contribution < -0.4 is 5.73 Å². The highest BCUT2D eigenvalue weighted by Crippen LogP contribution is 2.15. The Kier molecular flexibility index (Phi) is 5.26. The van der Waals surface area contributed by atoms with E-state index < -0.39 is 0 Å². The molecule has 1 aromatic rings. The zero-order valence-electron chi connectivity index (χ0n) is 9.86. The highest BCUT2D eigenvalue weighted by atomic mass is 35.5. The molecule has 0 radical (unpaired) electrons. The third-order valence-corrected chi connectivity index (χ3v) is 3.20. The lowest BCUT2D eigenvalue weighted by Gasteiger charge is -2.17. The van der Waals surface area contributed by atoms with Crippen LogP contribution in [-0.2, 0) is 13.0 Å². The lowest BCUT2D eigenvalue weighted by molar-refractivity contribution is 0.326. The Bertz CT molecular complexity index is 327. The Labute approximate surface area is 104 Å². The maximum absolute atomic E-state index is 5.91. The first-order valence-electron chi connectivity index (χ1n) is 5.84. The third-order valence-electron chi connectivity index (χ3n) is 3.20. The van der Waals surface area contributed by atoms with Crippen LogP contribution in [0.25, 0.3) is 0 Å². The van der Waals surface area contributed by atoms with Gasteiger partial charge in [0.05, 0.1) is 0 Å². The fraction of sp³-hybridized carbons (Fsp3) is 0.538. The van der Waals surface area contributed by atoms with Crippen LogP contribution in [0, 0.1) is 0 Å². The molecule has 1 aromatic carbocycles. The van der Waals surface area contributed by atoms with Crippen molar-refractivity contribution in [2.75, 3.05) is 13.1 Å². The number of hydrogen-bond donors (Lipinski definition) is 1. The summed E-state index contributed by atoms with van der Waals surface area (Å²) >= 11 is 0. The summed E-state index contributed by atoms with van der Waals surface area (Å²) in [5.41, 5.74) is 8.84. The number of halogens is 1. The number of benzene rings is 1. The largest absolute Gasteiger partial charge is 0.326 e. The molecule has 0 aliphatic carbocycles. The first-order chi connectivity index (χ1) is 7.29. The molecule has 0 spiro atoms. The molecule has 2 nitrogen and oxygen atoms in total. The molecule has 1 aliphatic rings. The van der Waals surface area contributed by atoms with Crippen molar-refractivity contribution in [3.8, 4) is 0 Å². The quantitative estimate of drug-likeness (QED) is 0.878. The molecule has 0 saturated carbocycles. The van der Waals surface area contributed by atoms with E-state index >= 15 is 0 Å². The topological polar surface area (TPSA) is 29.3 Å². The van der Waals surface area contributed by atoms with Gasteiger partial charge in [0.1, 0.15) is 0 Å². The average Bonchev–Trinajstić information content (AvgIpc) is 2.65. The van der Waals surface area contributed by atoms with E-state index in [0.717, 1.165) is 32.5 Å². The van der Waals surface area contributed by atoms with E-state index in [2.05, 4.69) is 36.1 Å². The van der Waals surface area contributed by atoms with Gasteiger partial charge in [-0.3, -0.25) is 4.90 Å². The van der Waals surface area contributed by atoms with Crippen LogP contribution in [-0.4, -0.2) is 24.0 Å². The molecule has 2 N–H and O–H groups in total. The molecule has 0 bridgehead atoms. The van der Waals surface area contributed by atoms with E-state index in [1.165, 1.54) is 11.1 Å². The summed E-state index contributed by atoms with van der Waals surface area (Å²) in [6.07, 6.45) is 2.27. The van der Waals surface area contributed by atoms with Gasteiger partial charge >= 0.3 is 0 Å². The fourth-order valence-corrected chi connectivity index (χ4v) is 2.30. The number of hydrogen-bond acceptors (Lipinski definition) is 2. The van der Waals surface area contributed by atoms with Crippen molar-refractivity contribution in [2.24, 2.45) is 5.73 Å². The summed E-state index contributed by atoms with van der Waals surface area (Å²) in [5.74, 6) is 0. The number of nitrogens with two attached hydrogens (primary N) is 1. The van der Waals surface area contributed by atoms with Gasteiger partial charge in [-0.25, -0.2) is 0 Å². The van der Waals surface area contributed by atoms with Crippen molar-refractivity contribution in [1.29, 1.82) is 0 Å². The van der Waals surface area contributed by atoms with E-state index in [1.807, 2.05) is 0 Å². The Morgan fingerprint density at radius 3 is 2.56 bits per heavy atom. The minimum atomic E-state index is 0. The van der Waals surface area contributed by atoms with Gasteiger partial charge in [-0.05, 0) is 24.0 Å². The standard InChI is InChI=1S/C13H20N2.ClH/c1-2-11-5-3-4-6-12(11)9-15-8-7-13(14)10-15;/h3-6,13H,2,7-10,14H2,1H3;1H/t13-;/m0./s1. The third kappa shape index (κ3) is 3.21. The summed E-state index contributed by atoms with van der Waals surface area (Å²) in [6, 6.07) is 9.11. The second-order valence-electron chi connectivity index (χ2n) is 4.41. The Morgan fingerprint density at radius 1 is 1.31 bits per heavy atom. The average molecular weight is 241 g/mol. The van der Waals surface area contributed by atoms with Gasteiger partial charge in [0.25, 0.3) is 0 Å². The predicted octanol–water partition coefficient (Wildman–Crippen LogP) is 2.20. The molecule has 1 fully saturated rings. The molecular weight excluding hydrogens is 220 g/mol. The predicted molar refractivity (Wildman–Crippen MR) is 70.9 cm³/mol. The van der Waals surface area contributed by atoms with Crippen LogP contribution in [0.3, 0.4) is 0 Å². The maximum atomic E-state index is 5.91. The molecular formula is C13H21ClN2. The molecule has 2 rings (SSSR count). The van der Waals surface area contributed by atoms with E-state index in [-0.39, 0.29) is 12.4 Å². The second kappa shape index (κ2) is 6.24. The Hall–Kier alpha value is -0.570. The van der Waals surface area contributed by atoms with Crippen LogP contribution in [0.2, 0.25) is 0 Å². The van der Waals surface area contributed by atoms with E-state index in [1.54, 1.807) is 0 Å². The van der Waals surface area contributed by atoms with Gasteiger partial charge < -0.3 is 5.73 Å². The van der Waals surface area contributed by atoms with Gasteiger partial charge in [-0.1, -0.05) is 31.2 Å². The minimum Gasteiger partial charge on any atom is -0.326 e. The normalized spacial score (nSPS) is 20.8. The molecule has 90 valence electrons. The Morgan fingerprint density at radius 2 is 2.00 bits per heavy atom. The summed E-state index contributed by atoms with van der Waals surface area (Å²) in [6.45, 7) is 5.49. The molecule has 16 heavy (non-hydrogen) atoms. The van der Waals surface area contributed by atoms with E-state index in [0.29, 0.717) is 6.04 Å². The summed E-state index contributed by atoms with van der Waals surface area (Å²) < 4.78 is 0. The number of nitrogens with zero attached hydrogens (tertiary/aromatic N) is 1. The molecule has 1 atom stereocenters. The van der Waals surface area contributed by atoms with Gasteiger partial charge in [0.15, 0.2) is 0 Å². The number of likely N-dealkylation sites (tertiary alicyclic amines) is 1. The first-order valence-corrected chi connectivity index (χ1v) is 5.84. The summed E-state index contributed by atoms with van der Waals surface area (Å²) in [7, 11) is 0. The number of rotatable bonds is 3. The summed E-state index contributed by atoms with van der Waals surface area (Å²) in [4.78, 5) is 2.46. The fourth-order valence-electron chi connectivity index (χ4n) is 2.30.